The van der Waals surface area contributed by atoms with Gasteiger partial charge in [-0.1, -0.05) is 11.2 Å². The molecular weight excluding hydrogens is 246 g/mol. The number of carbonyl (C=O) groups is 1. The number of oxime groups is 1. The summed E-state index contributed by atoms with van der Waals surface area (Å²) in [7, 11) is 0. The van der Waals surface area contributed by atoms with E-state index in [0.717, 1.165) is 11.1 Å². The predicted octanol–water partition coefficient (Wildman–Crippen LogP) is 0.972. The van der Waals surface area contributed by atoms with Crippen molar-refractivity contribution < 1.29 is 14.7 Å². The molecule has 1 aliphatic rings. The number of nitrogens with zero attached hydrogens (tertiary/aromatic N) is 1. The van der Waals surface area contributed by atoms with Crippen molar-refractivity contribution in [2.75, 3.05) is 0 Å². The molecule has 0 aliphatic carbocycles. The number of nitrogens with one attached hydrogen (secondary N) is 1. The summed E-state index contributed by atoms with van der Waals surface area (Å²) in [6.07, 6.45) is 0.302. The van der Waals surface area contributed by atoms with Crippen LogP contribution in [-0.4, -0.2) is 23.0 Å². The first-order valence-electron chi connectivity index (χ1n) is 6.07. The normalized spacial score (nSPS) is 15.9. The number of carbonyl (C=O) groups excluding carboxylic acids is 1. The van der Waals surface area contributed by atoms with Crippen molar-refractivity contribution in [3.63, 3.8) is 0 Å². The van der Waals surface area contributed by atoms with Gasteiger partial charge in [-0.25, -0.2) is 0 Å². The Morgan fingerprint density at radius 3 is 3.00 bits per heavy atom. The van der Waals surface area contributed by atoms with Gasteiger partial charge in [0, 0.05) is 18.0 Å². The summed E-state index contributed by atoms with van der Waals surface area (Å²) in [6, 6.07) is 5.33. The molecule has 6 heteroatoms. The number of nitrogens with two attached hydrogens (primary N) is 1. The molecule has 0 fully saturated rings. The van der Waals surface area contributed by atoms with Gasteiger partial charge in [0.15, 0.2) is 0 Å². The van der Waals surface area contributed by atoms with Gasteiger partial charge in [0.05, 0.1) is 13.2 Å². The maximum Gasteiger partial charge on any atom is 0.251 e. The third-order valence-electron chi connectivity index (χ3n) is 3.00. The van der Waals surface area contributed by atoms with Crippen molar-refractivity contribution in [1.29, 1.82) is 0 Å². The summed E-state index contributed by atoms with van der Waals surface area (Å²) >= 11 is 0. The number of benzene rings is 1. The second-order valence-electron chi connectivity index (χ2n) is 4.65. The Morgan fingerprint density at radius 1 is 1.53 bits per heavy atom. The minimum absolute atomic E-state index is 0.0927. The molecule has 0 saturated heterocycles. The zero-order valence-corrected chi connectivity index (χ0v) is 10.7. The third-order valence-corrected chi connectivity index (χ3v) is 3.00. The van der Waals surface area contributed by atoms with Crippen LogP contribution >= 0.6 is 0 Å². The van der Waals surface area contributed by atoms with E-state index in [1.54, 1.807) is 13.0 Å². The molecule has 1 aliphatic heterocycles. The summed E-state index contributed by atoms with van der Waals surface area (Å²) in [5.41, 5.74) is 8.17. The topological polar surface area (TPSA) is 96.9 Å². The average molecular weight is 263 g/mol. The van der Waals surface area contributed by atoms with Crippen molar-refractivity contribution in [3.05, 3.63) is 34.9 Å². The molecule has 1 aromatic carbocycles. The summed E-state index contributed by atoms with van der Waals surface area (Å²) < 4.78 is 5.31. The molecule has 102 valence electrons. The van der Waals surface area contributed by atoms with E-state index >= 15 is 0 Å². The van der Waals surface area contributed by atoms with Crippen LogP contribution in [0.2, 0.25) is 0 Å². The molecule has 1 unspecified atom stereocenters. The Morgan fingerprint density at radius 2 is 2.26 bits per heavy atom. The van der Waals surface area contributed by atoms with Crippen LogP contribution in [0.1, 0.15) is 34.8 Å². The van der Waals surface area contributed by atoms with E-state index < -0.39 is 0 Å². The molecule has 1 atom stereocenters. The summed E-state index contributed by atoms with van der Waals surface area (Å²) in [5.74, 6) is -0.0805. The van der Waals surface area contributed by atoms with Gasteiger partial charge < -0.3 is 21.0 Å². The van der Waals surface area contributed by atoms with E-state index in [4.69, 9.17) is 15.7 Å². The van der Waals surface area contributed by atoms with Gasteiger partial charge in [-0.2, -0.15) is 0 Å². The Bertz CT molecular complexity index is 514. The van der Waals surface area contributed by atoms with Crippen LogP contribution in [0.3, 0.4) is 0 Å². The third kappa shape index (κ3) is 3.23. The van der Waals surface area contributed by atoms with Crippen LogP contribution in [0.4, 0.5) is 0 Å². The number of hydrogen-bond acceptors (Lipinski definition) is 4. The molecule has 0 aromatic heterocycles. The first-order valence-corrected chi connectivity index (χ1v) is 6.07. The Balaban J connectivity index is 2.00. The molecular formula is C13H17N3O3. The SMILES string of the molecule is CC(CC(N)=NO)NC(=O)c1ccc2c(c1)COC2. The van der Waals surface area contributed by atoms with Gasteiger partial charge in [0.1, 0.15) is 5.84 Å². The lowest BCUT2D eigenvalue weighted by Crippen LogP contribution is -2.35. The van der Waals surface area contributed by atoms with E-state index in [-0.39, 0.29) is 17.8 Å². The summed E-state index contributed by atoms with van der Waals surface area (Å²) in [4.78, 5) is 12.0. The number of ether oxygens (including phenoxy) is 1. The van der Waals surface area contributed by atoms with Gasteiger partial charge >= 0.3 is 0 Å². The molecule has 19 heavy (non-hydrogen) atoms. The van der Waals surface area contributed by atoms with E-state index in [2.05, 4.69) is 10.5 Å². The number of amides is 1. The lowest BCUT2D eigenvalue weighted by Gasteiger charge is -2.13. The first-order chi connectivity index (χ1) is 9.10. The van der Waals surface area contributed by atoms with E-state index in [1.807, 2.05) is 12.1 Å². The average Bonchev–Trinajstić information content (AvgIpc) is 2.85. The Hall–Kier alpha value is -2.08. The van der Waals surface area contributed by atoms with Gasteiger partial charge in [-0.15, -0.1) is 0 Å². The Labute approximate surface area is 111 Å². The fraction of sp³-hybridized carbons (Fsp3) is 0.385. The highest BCUT2D eigenvalue weighted by Crippen LogP contribution is 2.20. The van der Waals surface area contributed by atoms with Crippen molar-refractivity contribution in [2.45, 2.75) is 32.6 Å². The molecule has 2 rings (SSSR count). The molecule has 1 amide bonds. The fourth-order valence-electron chi connectivity index (χ4n) is 2.03. The zero-order valence-electron chi connectivity index (χ0n) is 10.7. The predicted molar refractivity (Wildman–Crippen MR) is 69.9 cm³/mol. The summed E-state index contributed by atoms with van der Waals surface area (Å²) in [6.45, 7) is 2.96. The smallest absolute Gasteiger partial charge is 0.251 e. The largest absolute Gasteiger partial charge is 0.409 e. The monoisotopic (exact) mass is 263 g/mol. The highest BCUT2D eigenvalue weighted by molar-refractivity contribution is 5.95. The van der Waals surface area contributed by atoms with Crippen molar-refractivity contribution in [1.82, 2.24) is 5.32 Å². The number of hydrogen-bond donors (Lipinski definition) is 3. The quantitative estimate of drug-likeness (QED) is 0.326. The van der Waals surface area contributed by atoms with Crippen molar-refractivity contribution in [2.24, 2.45) is 10.9 Å². The van der Waals surface area contributed by atoms with E-state index in [0.29, 0.717) is 25.2 Å². The number of rotatable bonds is 4. The van der Waals surface area contributed by atoms with Crippen LogP contribution in [0, 0.1) is 0 Å². The van der Waals surface area contributed by atoms with Gasteiger partial charge in [0.2, 0.25) is 0 Å². The minimum Gasteiger partial charge on any atom is -0.409 e. The van der Waals surface area contributed by atoms with Gasteiger partial charge in [-0.3, -0.25) is 4.79 Å². The number of fused-ring (bicyclic) bond motifs is 1. The second-order valence-corrected chi connectivity index (χ2v) is 4.65. The highest BCUT2D eigenvalue weighted by Gasteiger charge is 2.16. The van der Waals surface area contributed by atoms with Gasteiger partial charge in [0.25, 0.3) is 5.91 Å². The highest BCUT2D eigenvalue weighted by atomic mass is 16.5. The summed E-state index contributed by atoms with van der Waals surface area (Å²) in [5, 5.41) is 14.2. The molecule has 6 nitrogen and oxygen atoms in total. The maximum absolute atomic E-state index is 12.0. The lowest BCUT2D eigenvalue weighted by molar-refractivity contribution is 0.0941. The zero-order chi connectivity index (χ0) is 13.8. The van der Waals surface area contributed by atoms with Crippen LogP contribution in [0.5, 0.6) is 0 Å². The van der Waals surface area contributed by atoms with E-state index in [9.17, 15) is 4.79 Å². The standard InChI is InChI=1S/C13H17N3O3/c1-8(4-12(14)16-18)15-13(17)9-2-3-10-6-19-7-11(10)5-9/h2-3,5,8,18H,4,6-7H2,1H3,(H2,14,16)(H,15,17). The molecule has 1 heterocycles. The molecule has 0 bridgehead atoms. The molecule has 1 aromatic rings. The first kappa shape index (κ1) is 13.4. The number of amidine groups is 1. The van der Waals surface area contributed by atoms with Crippen molar-refractivity contribution in [3.8, 4) is 0 Å². The van der Waals surface area contributed by atoms with Crippen LogP contribution in [-0.2, 0) is 18.0 Å². The second kappa shape index (κ2) is 5.71. The fourth-order valence-corrected chi connectivity index (χ4v) is 2.03. The molecule has 0 saturated carbocycles. The maximum atomic E-state index is 12.0. The van der Waals surface area contributed by atoms with Crippen LogP contribution < -0.4 is 11.1 Å². The minimum atomic E-state index is -0.201. The van der Waals surface area contributed by atoms with E-state index in [1.165, 1.54) is 0 Å². The molecule has 4 N–H and O–H groups in total. The van der Waals surface area contributed by atoms with Crippen LogP contribution in [0.15, 0.2) is 23.4 Å². The molecule has 0 radical (unpaired) electrons. The lowest BCUT2D eigenvalue weighted by atomic mass is 10.1. The molecule has 0 spiro atoms. The van der Waals surface area contributed by atoms with Gasteiger partial charge in [-0.05, 0) is 30.2 Å². The Kier molecular flexibility index (Phi) is 4.01. The van der Waals surface area contributed by atoms with Crippen molar-refractivity contribution >= 4 is 11.7 Å². The van der Waals surface area contributed by atoms with Crippen LogP contribution in [0.25, 0.3) is 0 Å².